The zero-order valence-electron chi connectivity index (χ0n) is 11.2. The van der Waals surface area contributed by atoms with Gasteiger partial charge in [-0.2, -0.15) is 0 Å². The Labute approximate surface area is 118 Å². The summed E-state index contributed by atoms with van der Waals surface area (Å²) in [7, 11) is 0. The fourth-order valence-corrected chi connectivity index (χ4v) is 4.44. The van der Waals surface area contributed by atoms with E-state index in [2.05, 4.69) is 11.4 Å². The van der Waals surface area contributed by atoms with Crippen molar-refractivity contribution in [2.75, 3.05) is 6.61 Å². The predicted molar refractivity (Wildman–Crippen MR) is 76.7 cm³/mol. The summed E-state index contributed by atoms with van der Waals surface area (Å²) in [6, 6.07) is 2.05. The molecule has 2 aliphatic rings. The number of amides is 1. The molecule has 3 nitrogen and oxygen atoms in total. The molecule has 1 fully saturated rings. The lowest BCUT2D eigenvalue weighted by Gasteiger charge is -2.36. The number of carbonyl (C=O) groups is 1. The number of aliphatic hydroxyl groups excluding tert-OH is 1. The molecule has 3 rings (SSSR count). The van der Waals surface area contributed by atoms with Crippen LogP contribution in [0.4, 0.5) is 0 Å². The Balaban J connectivity index is 1.72. The summed E-state index contributed by atoms with van der Waals surface area (Å²) >= 11 is 1.63. The summed E-state index contributed by atoms with van der Waals surface area (Å²) in [6.07, 6.45) is 8.68. The van der Waals surface area contributed by atoms with Gasteiger partial charge in [0, 0.05) is 4.88 Å². The molecule has 1 aromatic heterocycles. The van der Waals surface area contributed by atoms with Crippen molar-refractivity contribution < 1.29 is 9.90 Å². The van der Waals surface area contributed by atoms with Gasteiger partial charge in [0.1, 0.15) is 0 Å². The fraction of sp³-hybridized carbons (Fsp3) is 0.667. The first kappa shape index (κ1) is 13.1. The molecule has 0 spiro atoms. The number of aryl methyl sites for hydroxylation is 2. The van der Waals surface area contributed by atoms with Crippen molar-refractivity contribution in [2.24, 2.45) is 0 Å². The molecule has 0 atom stereocenters. The highest BCUT2D eigenvalue weighted by molar-refractivity contribution is 7.14. The van der Waals surface area contributed by atoms with Gasteiger partial charge in [-0.05, 0) is 43.7 Å². The maximum Gasteiger partial charge on any atom is 0.261 e. The van der Waals surface area contributed by atoms with Crippen LogP contribution in [0.2, 0.25) is 0 Å². The highest BCUT2D eigenvalue weighted by Crippen LogP contribution is 2.32. The van der Waals surface area contributed by atoms with Crippen LogP contribution in [-0.2, 0) is 12.8 Å². The van der Waals surface area contributed by atoms with Gasteiger partial charge in [0.15, 0.2) is 0 Å². The van der Waals surface area contributed by atoms with E-state index in [1.807, 2.05) is 0 Å². The van der Waals surface area contributed by atoms with Crippen molar-refractivity contribution in [1.29, 1.82) is 0 Å². The van der Waals surface area contributed by atoms with Crippen molar-refractivity contribution in [3.05, 3.63) is 21.4 Å². The maximum atomic E-state index is 12.4. The van der Waals surface area contributed by atoms with E-state index in [-0.39, 0.29) is 18.1 Å². The Kier molecular flexibility index (Phi) is 3.63. The molecule has 2 aliphatic carbocycles. The van der Waals surface area contributed by atoms with E-state index < -0.39 is 0 Å². The van der Waals surface area contributed by atoms with E-state index in [0.717, 1.165) is 43.4 Å². The van der Waals surface area contributed by atoms with E-state index in [9.17, 15) is 9.90 Å². The average molecular weight is 279 g/mol. The number of thiophene rings is 1. The first-order valence-corrected chi connectivity index (χ1v) is 8.09. The Morgan fingerprint density at radius 3 is 2.74 bits per heavy atom. The van der Waals surface area contributed by atoms with Crippen molar-refractivity contribution in [3.8, 4) is 0 Å². The Hall–Kier alpha value is -0.870. The first-order valence-electron chi connectivity index (χ1n) is 7.27. The number of rotatable bonds is 3. The molecule has 19 heavy (non-hydrogen) atoms. The van der Waals surface area contributed by atoms with Crippen LogP contribution >= 0.6 is 11.3 Å². The molecule has 0 unspecified atom stereocenters. The van der Waals surface area contributed by atoms with Gasteiger partial charge in [-0.3, -0.25) is 4.79 Å². The number of aliphatic hydroxyl groups is 1. The summed E-state index contributed by atoms with van der Waals surface area (Å²) in [5.41, 5.74) is 0.987. The molecule has 0 aromatic carbocycles. The van der Waals surface area contributed by atoms with Gasteiger partial charge in [-0.15, -0.1) is 11.3 Å². The minimum atomic E-state index is -0.371. The maximum absolute atomic E-state index is 12.4. The quantitative estimate of drug-likeness (QED) is 0.893. The summed E-state index contributed by atoms with van der Waals surface area (Å²) in [6.45, 7) is 0.0594. The third-order valence-electron chi connectivity index (χ3n) is 4.46. The molecule has 1 saturated carbocycles. The first-order chi connectivity index (χ1) is 9.22. The smallest absolute Gasteiger partial charge is 0.261 e. The van der Waals surface area contributed by atoms with Gasteiger partial charge in [-0.1, -0.05) is 19.3 Å². The monoisotopic (exact) mass is 279 g/mol. The van der Waals surface area contributed by atoms with Gasteiger partial charge >= 0.3 is 0 Å². The van der Waals surface area contributed by atoms with Gasteiger partial charge < -0.3 is 10.4 Å². The molecule has 1 amide bonds. The topological polar surface area (TPSA) is 49.3 Å². The molecular weight excluding hydrogens is 258 g/mol. The molecule has 2 N–H and O–H groups in total. The molecule has 1 aromatic rings. The van der Waals surface area contributed by atoms with Crippen LogP contribution in [0, 0.1) is 0 Å². The zero-order valence-corrected chi connectivity index (χ0v) is 12.0. The van der Waals surface area contributed by atoms with Crippen molar-refractivity contribution >= 4 is 17.2 Å². The van der Waals surface area contributed by atoms with Crippen LogP contribution < -0.4 is 5.32 Å². The third kappa shape index (κ3) is 2.56. The Morgan fingerprint density at radius 1 is 1.26 bits per heavy atom. The van der Waals surface area contributed by atoms with Crippen LogP contribution in [-0.4, -0.2) is 23.2 Å². The van der Waals surface area contributed by atoms with E-state index in [1.54, 1.807) is 11.3 Å². The van der Waals surface area contributed by atoms with Gasteiger partial charge in [0.2, 0.25) is 0 Å². The molecular formula is C15H21NO2S. The van der Waals surface area contributed by atoms with Crippen LogP contribution in [0.3, 0.4) is 0 Å². The number of hydrogen-bond donors (Lipinski definition) is 2. The summed E-state index contributed by atoms with van der Waals surface area (Å²) in [5.74, 6) is 0.00958. The van der Waals surface area contributed by atoms with Crippen LogP contribution in [0.5, 0.6) is 0 Å². The van der Waals surface area contributed by atoms with Crippen LogP contribution in [0.1, 0.15) is 58.6 Å². The molecule has 0 radical (unpaired) electrons. The molecule has 0 bridgehead atoms. The lowest BCUT2D eigenvalue weighted by molar-refractivity contribution is 0.0762. The van der Waals surface area contributed by atoms with Crippen molar-refractivity contribution in [2.45, 2.75) is 56.9 Å². The number of fused-ring (bicyclic) bond motifs is 1. The lowest BCUT2D eigenvalue weighted by atomic mass is 9.82. The van der Waals surface area contributed by atoms with E-state index in [4.69, 9.17) is 0 Å². The van der Waals surface area contributed by atoms with Crippen LogP contribution in [0.25, 0.3) is 0 Å². The third-order valence-corrected chi connectivity index (χ3v) is 5.70. The van der Waals surface area contributed by atoms with Gasteiger partial charge in [0.05, 0.1) is 17.0 Å². The molecule has 0 aliphatic heterocycles. The highest BCUT2D eigenvalue weighted by Gasteiger charge is 2.33. The predicted octanol–water partition coefficient (Wildman–Crippen LogP) is 2.66. The largest absolute Gasteiger partial charge is 0.394 e. The number of carbonyl (C=O) groups excluding carboxylic acids is 1. The molecule has 4 heteroatoms. The Bertz CT molecular complexity index is 453. The van der Waals surface area contributed by atoms with E-state index in [0.29, 0.717) is 0 Å². The lowest BCUT2D eigenvalue weighted by Crippen LogP contribution is -2.52. The standard InChI is InChI=1S/C15H21NO2S/c17-10-15(7-2-1-3-8-15)16-14(18)13-9-11-5-4-6-12(11)19-13/h9,17H,1-8,10H2,(H,16,18). The average Bonchev–Trinajstić information content (AvgIpc) is 3.00. The second-order valence-corrected chi connectivity index (χ2v) is 7.00. The minimum absolute atomic E-state index is 0.00958. The van der Waals surface area contributed by atoms with Gasteiger partial charge in [0.25, 0.3) is 5.91 Å². The van der Waals surface area contributed by atoms with Gasteiger partial charge in [-0.25, -0.2) is 0 Å². The number of nitrogens with one attached hydrogen (secondary N) is 1. The molecule has 1 heterocycles. The molecule has 0 saturated heterocycles. The summed E-state index contributed by atoms with van der Waals surface area (Å²) in [5, 5.41) is 12.8. The second kappa shape index (κ2) is 5.25. The Morgan fingerprint density at radius 2 is 2.05 bits per heavy atom. The SMILES string of the molecule is O=C(NC1(CO)CCCCC1)c1cc2c(s1)CCC2. The van der Waals surface area contributed by atoms with E-state index >= 15 is 0 Å². The van der Waals surface area contributed by atoms with Crippen molar-refractivity contribution in [1.82, 2.24) is 5.32 Å². The number of hydrogen-bond acceptors (Lipinski definition) is 3. The van der Waals surface area contributed by atoms with Crippen molar-refractivity contribution in [3.63, 3.8) is 0 Å². The molecule has 104 valence electrons. The fourth-order valence-electron chi connectivity index (χ4n) is 3.29. The van der Waals surface area contributed by atoms with Crippen LogP contribution in [0.15, 0.2) is 6.07 Å². The van der Waals surface area contributed by atoms with E-state index in [1.165, 1.54) is 23.3 Å². The second-order valence-electron chi connectivity index (χ2n) is 5.87. The highest BCUT2D eigenvalue weighted by atomic mass is 32.1. The summed E-state index contributed by atoms with van der Waals surface area (Å²) in [4.78, 5) is 14.6. The zero-order chi connectivity index (χ0) is 13.3. The summed E-state index contributed by atoms with van der Waals surface area (Å²) < 4.78 is 0. The minimum Gasteiger partial charge on any atom is -0.394 e. The normalized spacial score (nSPS) is 21.1.